The SMILES string of the molecule is CCONc1cn(C)nc1-c1cc(Cl)ccc1OC. The number of aromatic nitrogens is 2. The van der Waals surface area contributed by atoms with E-state index in [0.717, 1.165) is 16.9 Å². The van der Waals surface area contributed by atoms with Crippen LogP contribution in [0.25, 0.3) is 11.3 Å². The minimum atomic E-state index is 0.557. The Kier molecular flexibility index (Phi) is 4.29. The number of halogens is 1. The number of anilines is 1. The highest BCUT2D eigenvalue weighted by atomic mass is 35.5. The molecule has 0 radical (unpaired) electrons. The summed E-state index contributed by atoms with van der Waals surface area (Å²) in [5, 5.41) is 5.05. The largest absolute Gasteiger partial charge is 0.496 e. The summed E-state index contributed by atoms with van der Waals surface area (Å²) in [6.07, 6.45) is 1.84. The molecule has 6 heteroatoms. The van der Waals surface area contributed by atoms with E-state index in [1.807, 2.05) is 32.3 Å². The summed E-state index contributed by atoms with van der Waals surface area (Å²) in [6, 6.07) is 5.42. The van der Waals surface area contributed by atoms with Crippen LogP contribution >= 0.6 is 11.6 Å². The third-order valence-corrected chi connectivity index (χ3v) is 2.81. The fraction of sp³-hybridized carbons (Fsp3) is 0.308. The molecular weight excluding hydrogens is 266 g/mol. The van der Waals surface area contributed by atoms with E-state index in [1.165, 1.54) is 0 Å². The van der Waals surface area contributed by atoms with Gasteiger partial charge in [-0.2, -0.15) is 5.10 Å². The second-order valence-corrected chi connectivity index (χ2v) is 4.38. The minimum absolute atomic E-state index is 0.557. The predicted octanol–water partition coefficient (Wildman–Crippen LogP) is 3.11. The Hall–Kier alpha value is -1.72. The Bertz CT molecular complexity index is 569. The number of nitrogens with one attached hydrogen (secondary N) is 1. The Morgan fingerprint density at radius 1 is 1.42 bits per heavy atom. The third kappa shape index (κ3) is 3.00. The van der Waals surface area contributed by atoms with Gasteiger partial charge in [-0.05, 0) is 25.1 Å². The van der Waals surface area contributed by atoms with Gasteiger partial charge in [0.2, 0.25) is 0 Å². The molecule has 0 saturated carbocycles. The highest BCUT2D eigenvalue weighted by molar-refractivity contribution is 6.31. The van der Waals surface area contributed by atoms with E-state index in [-0.39, 0.29) is 0 Å². The number of aryl methyl sites for hydroxylation is 1. The van der Waals surface area contributed by atoms with Crippen LogP contribution in [0.1, 0.15) is 6.92 Å². The van der Waals surface area contributed by atoms with Crippen molar-refractivity contribution < 1.29 is 9.57 Å². The van der Waals surface area contributed by atoms with E-state index in [9.17, 15) is 0 Å². The van der Waals surface area contributed by atoms with Crippen LogP contribution in [0.5, 0.6) is 5.75 Å². The fourth-order valence-corrected chi connectivity index (χ4v) is 1.95. The summed E-state index contributed by atoms with van der Waals surface area (Å²) in [5.74, 6) is 0.711. The lowest BCUT2D eigenvalue weighted by molar-refractivity contribution is 0.210. The lowest BCUT2D eigenvalue weighted by atomic mass is 10.1. The minimum Gasteiger partial charge on any atom is -0.496 e. The highest BCUT2D eigenvalue weighted by Crippen LogP contribution is 2.35. The molecule has 19 heavy (non-hydrogen) atoms. The van der Waals surface area contributed by atoms with E-state index < -0.39 is 0 Å². The lowest BCUT2D eigenvalue weighted by Crippen LogP contribution is -2.00. The van der Waals surface area contributed by atoms with Crippen molar-refractivity contribution in [2.24, 2.45) is 7.05 Å². The van der Waals surface area contributed by atoms with Crippen molar-refractivity contribution in [1.29, 1.82) is 0 Å². The van der Waals surface area contributed by atoms with Crippen molar-refractivity contribution in [3.05, 3.63) is 29.4 Å². The molecule has 0 bridgehead atoms. The number of hydrogen-bond acceptors (Lipinski definition) is 4. The average Bonchev–Trinajstić information content (AvgIpc) is 2.77. The molecule has 2 aromatic rings. The van der Waals surface area contributed by atoms with Gasteiger partial charge in [-0.1, -0.05) is 11.6 Å². The Morgan fingerprint density at radius 3 is 2.89 bits per heavy atom. The molecule has 0 fully saturated rings. The first-order valence-electron chi connectivity index (χ1n) is 5.91. The number of hydrogen-bond donors (Lipinski definition) is 1. The smallest absolute Gasteiger partial charge is 0.128 e. The van der Waals surface area contributed by atoms with Crippen molar-refractivity contribution in [3.8, 4) is 17.0 Å². The number of benzene rings is 1. The average molecular weight is 282 g/mol. The third-order valence-electron chi connectivity index (χ3n) is 2.57. The molecule has 0 aliphatic rings. The molecule has 0 aliphatic heterocycles. The van der Waals surface area contributed by atoms with Crippen LogP contribution in [0.4, 0.5) is 5.69 Å². The molecule has 1 N–H and O–H groups in total. The molecule has 5 nitrogen and oxygen atoms in total. The molecule has 2 rings (SSSR count). The molecule has 1 aromatic heterocycles. The van der Waals surface area contributed by atoms with Crippen molar-refractivity contribution in [1.82, 2.24) is 9.78 Å². The van der Waals surface area contributed by atoms with Gasteiger partial charge >= 0.3 is 0 Å². The molecule has 0 aliphatic carbocycles. The van der Waals surface area contributed by atoms with Gasteiger partial charge in [-0.25, -0.2) is 0 Å². The maximum absolute atomic E-state index is 6.05. The first-order valence-corrected chi connectivity index (χ1v) is 6.28. The van der Waals surface area contributed by atoms with Crippen LogP contribution in [-0.2, 0) is 11.9 Å². The van der Waals surface area contributed by atoms with E-state index in [4.69, 9.17) is 21.2 Å². The van der Waals surface area contributed by atoms with Gasteiger partial charge in [0.1, 0.15) is 17.1 Å². The van der Waals surface area contributed by atoms with Gasteiger partial charge in [0.25, 0.3) is 0 Å². The summed E-state index contributed by atoms with van der Waals surface area (Å²) >= 11 is 6.05. The van der Waals surface area contributed by atoms with Gasteiger partial charge in [-0.15, -0.1) is 0 Å². The van der Waals surface area contributed by atoms with E-state index in [0.29, 0.717) is 17.4 Å². The van der Waals surface area contributed by atoms with Gasteiger partial charge in [-0.3, -0.25) is 15.0 Å². The number of methoxy groups -OCH3 is 1. The number of nitrogens with zero attached hydrogens (tertiary/aromatic N) is 2. The van der Waals surface area contributed by atoms with Crippen molar-refractivity contribution in [2.45, 2.75) is 6.92 Å². The summed E-state index contributed by atoms with van der Waals surface area (Å²) in [6.45, 7) is 2.46. The Labute approximate surface area is 117 Å². The molecule has 0 atom stereocenters. The van der Waals surface area contributed by atoms with Crippen LogP contribution in [0.2, 0.25) is 5.02 Å². The molecule has 102 valence electrons. The topological polar surface area (TPSA) is 48.3 Å². The maximum atomic E-state index is 6.05. The van der Waals surface area contributed by atoms with Crippen LogP contribution in [0, 0.1) is 0 Å². The zero-order valence-corrected chi connectivity index (χ0v) is 11.9. The van der Waals surface area contributed by atoms with Crippen molar-refractivity contribution >= 4 is 17.3 Å². The monoisotopic (exact) mass is 281 g/mol. The number of ether oxygens (including phenoxy) is 1. The van der Waals surface area contributed by atoms with Gasteiger partial charge in [0, 0.05) is 17.6 Å². The molecule has 1 aromatic carbocycles. The second-order valence-electron chi connectivity index (χ2n) is 3.94. The van der Waals surface area contributed by atoms with Gasteiger partial charge < -0.3 is 4.74 Å². The predicted molar refractivity (Wildman–Crippen MR) is 75.5 cm³/mol. The van der Waals surface area contributed by atoms with E-state index in [2.05, 4.69) is 10.6 Å². The van der Waals surface area contributed by atoms with Crippen molar-refractivity contribution in [3.63, 3.8) is 0 Å². The van der Waals surface area contributed by atoms with E-state index >= 15 is 0 Å². The maximum Gasteiger partial charge on any atom is 0.128 e. The molecule has 0 saturated heterocycles. The molecule has 0 unspecified atom stereocenters. The summed E-state index contributed by atoms with van der Waals surface area (Å²) in [4.78, 5) is 5.22. The molecule has 0 spiro atoms. The standard InChI is InChI=1S/C13H16ClN3O2/c1-4-19-16-11-8-17(2)15-13(11)10-7-9(14)5-6-12(10)18-3/h5-8,16H,4H2,1-3H3. The fourth-order valence-electron chi connectivity index (χ4n) is 1.78. The summed E-state index contributed by atoms with van der Waals surface area (Å²) in [7, 11) is 3.46. The molecule has 1 heterocycles. The van der Waals surface area contributed by atoms with Crippen LogP contribution in [0.3, 0.4) is 0 Å². The Morgan fingerprint density at radius 2 is 2.21 bits per heavy atom. The zero-order valence-electron chi connectivity index (χ0n) is 11.1. The first-order chi connectivity index (χ1) is 9.15. The van der Waals surface area contributed by atoms with Crippen LogP contribution in [0.15, 0.2) is 24.4 Å². The first kappa shape index (κ1) is 13.7. The van der Waals surface area contributed by atoms with Crippen LogP contribution in [-0.4, -0.2) is 23.5 Å². The summed E-state index contributed by atoms with van der Waals surface area (Å²) in [5.41, 5.74) is 5.19. The van der Waals surface area contributed by atoms with Crippen molar-refractivity contribution in [2.75, 3.05) is 19.2 Å². The summed E-state index contributed by atoms with van der Waals surface area (Å²) < 4.78 is 7.05. The van der Waals surface area contributed by atoms with Gasteiger partial charge in [0.15, 0.2) is 0 Å². The normalized spacial score (nSPS) is 10.5. The molecular formula is C13H16ClN3O2. The quantitative estimate of drug-likeness (QED) is 0.856. The highest BCUT2D eigenvalue weighted by Gasteiger charge is 2.15. The van der Waals surface area contributed by atoms with E-state index in [1.54, 1.807) is 17.9 Å². The van der Waals surface area contributed by atoms with Gasteiger partial charge in [0.05, 0.1) is 19.9 Å². The lowest BCUT2D eigenvalue weighted by Gasteiger charge is -2.09. The zero-order chi connectivity index (χ0) is 13.8. The second kappa shape index (κ2) is 5.95. The Balaban J connectivity index is 2.48. The molecule has 0 amide bonds. The number of rotatable bonds is 5. The van der Waals surface area contributed by atoms with Crippen LogP contribution < -0.4 is 10.2 Å².